The van der Waals surface area contributed by atoms with Gasteiger partial charge in [0, 0.05) is 29.6 Å². The molecule has 0 radical (unpaired) electrons. The monoisotopic (exact) mass is 496 g/mol. The summed E-state index contributed by atoms with van der Waals surface area (Å²) in [6.45, 7) is 7.51. The molecule has 2 aromatic carbocycles. The van der Waals surface area contributed by atoms with Crippen molar-refractivity contribution in [2.45, 2.75) is 58.8 Å². The Balaban J connectivity index is 1.48. The molecule has 0 fully saturated rings. The maximum Gasteiger partial charge on any atom is 0.251 e. The summed E-state index contributed by atoms with van der Waals surface area (Å²) in [6, 6.07) is 18.8. The molecule has 4 aromatic rings. The smallest absolute Gasteiger partial charge is 0.251 e. The third kappa shape index (κ3) is 6.35. The van der Waals surface area contributed by atoms with Gasteiger partial charge in [0.15, 0.2) is 0 Å². The maximum absolute atomic E-state index is 13.0. The van der Waals surface area contributed by atoms with Crippen molar-refractivity contribution in [2.75, 3.05) is 0 Å². The number of ether oxygens (including phenoxy) is 1. The largest absolute Gasteiger partial charge is 0.490 e. The Kier molecular flexibility index (Phi) is 7.90. The van der Waals surface area contributed by atoms with Crippen molar-refractivity contribution in [1.29, 1.82) is 5.26 Å². The average molecular weight is 497 g/mol. The summed E-state index contributed by atoms with van der Waals surface area (Å²) in [7, 11) is 0. The Hall–Kier alpha value is -4.15. The number of benzene rings is 2. The second-order valence-corrected chi connectivity index (χ2v) is 9.69. The third-order valence-corrected chi connectivity index (χ3v) is 6.10. The zero-order chi connectivity index (χ0) is 26.5. The van der Waals surface area contributed by atoms with Crippen LogP contribution < -0.4 is 10.1 Å². The molecule has 2 heterocycles. The number of fused-ring (bicyclic) bond motifs is 1. The van der Waals surface area contributed by atoms with Gasteiger partial charge in [-0.25, -0.2) is 4.98 Å². The van der Waals surface area contributed by atoms with E-state index in [2.05, 4.69) is 11.4 Å². The summed E-state index contributed by atoms with van der Waals surface area (Å²) >= 11 is 0. The van der Waals surface area contributed by atoms with Crippen LogP contribution in [0.25, 0.3) is 16.9 Å². The number of amides is 1. The van der Waals surface area contributed by atoms with Gasteiger partial charge >= 0.3 is 0 Å². The van der Waals surface area contributed by atoms with Crippen molar-refractivity contribution < 1.29 is 14.6 Å². The number of imidazole rings is 1. The number of hydrogen-bond donors (Lipinski definition) is 2. The summed E-state index contributed by atoms with van der Waals surface area (Å²) in [5, 5.41) is 22.6. The minimum absolute atomic E-state index is 0.0783. The van der Waals surface area contributed by atoms with Gasteiger partial charge in [-0.15, -0.1) is 0 Å². The number of pyridine rings is 1. The topological polar surface area (TPSA) is 99.6 Å². The van der Waals surface area contributed by atoms with Crippen LogP contribution in [0, 0.1) is 18.3 Å². The van der Waals surface area contributed by atoms with Gasteiger partial charge in [0.1, 0.15) is 17.5 Å². The van der Waals surface area contributed by atoms with E-state index in [0.29, 0.717) is 29.7 Å². The Labute approximate surface area is 217 Å². The summed E-state index contributed by atoms with van der Waals surface area (Å²) in [5.74, 6) is 0.158. The zero-order valence-electron chi connectivity index (χ0n) is 21.6. The number of hydrogen-bond acceptors (Lipinski definition) is 5. The zero-order valence-corrected chi connectivity index (χ0v) is 21.6. The first-order valence-electron chi connectivity index (χ1n) is 12.5. The lowest BCUT2D eigenvalue weighted by Crippen LogP contribution is -2.38. The SMILES string of the molecule is Cc1cccn2cc(-c3ccc(CC(CC(C)O)NC(=O)c4ccc(OC(C)C)c(C#N)c4)cc3)nc12. The Bertz CT molecular complexity index is 1430. The van der Waals surface area contributed by atoms with Gasteiger partial charge in [-0.1, -0.05) is 30.3 Å². The van der Waals surface area contributed by atoms with E-state index in [4.69, 9.17) is 9.72 Å². The van der Waals surface area contributed by atoms with Gasteiger partial charge in [-0.3, -0.25) is 4.79 Å². The van der Waals surface area contributed by atoms with Gasteiger partial charge in [0.2, 0.25) is 0 Å². The van der Waals surface area contributed by atoms with Crippen molar-refractivity contribution >= 4 is 11.6 Å². The van der Waals surface area contributed by atoms with Crippen LogP contribution in [0.5, 0.6) is 5.75 Å². The highest BCUT2D eigenvalue weighted by Gasteiger charge is 2.18. The van der Waals surface area contributed by atoms with Crippen LogP contribution in [-0.4, -0.2) is 38.6 Å². The van der Waals surface area contributed by atoms with Gasteiger partial charge in [-0.2, -0.15) is 5.26 Å². The highest BCUT2D eigenvalue weighted by molar-refractivity contribution is 5.95. The van der Waals surface area contributed by atoms with E-state index in [1.165, 1.54) is 6.07 Å². The average Bonchev–Trinajstić information content (AvgIpc) is 3.30. The molecule has 0 saturated heterocycles. The fourth-order valence-corrected chi connectivity index (χ4v) is 4.38. The number of aromatic nitrogens is 2. The van der Waals surface area contributed by atoms with Crippen LogP contribution in [0.4, 0.5) is 0 Å². The van der Waals surface area contributed by atoms with E-state index >= 15 is 0 Å². The molecule has 1 amide bonds. The number of nitrogens with one attached hydrogen (secondary N) is 1. The molecular formula is C30H32N4O3. The minimum atomic E-state index is -0.581. The maximum atomic E-state index is 13.0. The number of carbonyl (C=O) groups is 1. The van der Waals surface area contributed by atoms with Crippen molar-refractivity contribution in [3.8, 4) is 23.1 Å². The molecule has 2 N–H and O–H groups in total. The van der Waals surface area contributed by atoms with E-state index in [1.807, 2.05) is 74.0 Å². The summed E-state index contributed by atoms with van der Waals surface area (Å²) in [6.07, 6.45) is 4.30. The van der Waals surface area contributed by atoms with Crippen molar-refractivity contribution in [2.24, 2.45) is 0 Å². The first kappa shape index (κ1) is 25.9. The van der Waals surface area contributed by atoms with Gasteiger partial charge < -0.3 is 19.6 Å². The molecule has 7 nitrogen and oxygen atoms in total. The Morgan fingerprint density at radius 1 is 1.16 bits per heavy atom. The van der Waals surface area contributed by atoms with E-state index in [9.17, 15) is 15.2 Å². The fourth-order valence-electron chi connectivity index (χ4n) is 4.38. The summed E-state index contributed by atoms with van der Waals surface area (Å²) in [4.78, 5) is 17.8. The number of nitrogens with zero attached hydrogens (tertiary/aromatic N) is 3. The molecule has 2 unspecified atom stereocenters. The van der Waals surface area contributed by atoms with E-state index in [-0.39, 0.29) is 18.1 Å². The van der Waals surface area contributed by atoms with Crippen molar-refractivity contribution in [1.82, 2.24) is 14.7 Å². The molecule has 0 spiro atoms. The molecule has 0 saturated carbocycles. The molecule has 0 aliphatic heterocycles. The summed E-state index contributed by atoms with van der Waals surface area (Å²) in [5.41, 5.74) is 5.68. The first-order chi connectivity index (χ1) is 17.7. The van der Waals surface area contributed by atoms with Crippen LogP contribution in [0.2, 0.25) is 0 Å². The Morgan fingerprint density at radius 2 is 1.92 bits per heavy atom. The Morgan fingerprint density at radius 3 is 2.57 bits per heavy atom. The van der Waals surface area contributed by atoms with Crippen LogP contribution >= 0.6 is 0 Å². The number of aliphatic hydroxyl groups is 1. The number of aryl methyl sites for hydroxylation is 1. The third-order valence-electron chi connectivity index (χ3n) is 6.10. The second-order valence-electron chi connectivity index (χ2n) is 9.69. The second kappa shape index (κ2) is 11.3. The van der Waals surface area contributed by atoms with Crippen LogP contribution in [0.3, 0.4) is 0 Å². The van der Waals surface area contributed by atoms with E-state index in [1.54, 1.807) is 19.1 Å². The quantitative estimate of drug-likeness (QED) is 0.337. The minimum Gasteiger partial charge on any atom is -0.490 e. The predicted molar refractivity (Wildman–Crippen MR) is 144 cm³/mol. The number of aliphatic hydroxyl groups excluding tert-OH is 1. The molecule has 4 rings (SSSR count). The lowest BCUT2D eigenvalue weighted by molar-refractivity contribution is 0.0917. The predicted octanol–water partition coefficient (Wildman–Crippen LogP) is 5.08. The molecule has 0 aliphatic carbocycles. The molecule has 37 heavy (non-hydrogen) atoms. The van der Waals surface area contributed by atoms with E-state index < -0.39 is 6.10 Å². The molecule has 190 valence electrons. The van der Waals surface area contributed by atoms with Crippen molar-refractivity contribution in [3.63, 3.8) is 0 Å². The lowest BCUT2D eigenvalue weighted by atomic mass is 9.99. The first-order valence-corrected chi connectivity index (χ1v) is 12.5. The molecule has 0 bridgehead atoms. The molecule has 0 aliphatic rings. The van der Waals surface area contributed by atoms with Gasteiger partial charge in [0.05, 0.1) is 23.5 Å². The molecule has 7 heteroatoms. The van der Waals surface area contributed by atoms with Crippen LogP contribution in [0.15, 0.2) is 67.0 Å². The number of carbonyl (C=O) groups excluding carboxylic acids is 1. The van der Waals surface area contributed by atoms with Crippen LogP contribution in [0.1, 0.15) is 54.2 Å². The molecular weight excluding hydrogens is 464 g/mol. The van der Waals surface area contributed by atoms with Gasteiger partial charge in [0.25, 0.3) is 5.91 Å². The standard InChI is InChI=1S/C30H32N4O3/c1-19(2)37-28-12-11-24(16-25(28)17-31)30(36)32-26(14-21(4)35)15-22-7-9-23(10-8-22)27-18-34-13-5-6-20(3)29(34)33-27/h5-13,16,18-19,21,26,35H,14-15H2,1-4H3,(H,32,36). The molecule has 2 atom stereocenters. The van der Waals surface area contributed by atoms with Crippen LogP contribution in [-0.2, 0) is 6.42 Å². The van der Waals surface area contributed by atoms with E-state index in [0.717, 1.165) is 28.0 Å². The fraction of sp³-hybridized carbons (Fsp3) is 0.300. The van der Waals surface area contributed by atoms with Gasteiger partial charge in [-0.05, 0) is 75.9 Å². The highest BCUT2D eigenvalue weighted by atomic mass is 16.5. The normalized spacial score (nSPS) is 12.8. The lowest BCUT2D eigenvalue weighted by Gasteiger charge is -2.21. The van der Waals surface area contributed by atoms with Crippen molar-refractivity contribution in [3.05, 3.63) is 89.2 Å². The number of nitriles is 1. The molecule has 2 aromatic heterocycles. The summed E-state index contributed by atoms with van der Waals surface area (Å²) < 4.78 is 7.67. The highest BCUT2D eigenvalue weighted by Crippen LogP contribution is 2.23. The number of rotatable bonds is 9.